The Bertz CT molecular complexity index is 298. The first-order chi connectivity index (χ1) is 6.17. The number of carbonyl (C=O) groups excluding carboxylic acids is 1. The molecule has 3 heteroatoms. The van der Waals surface area contributed by atoms with E-state index in [1.165, 1.54) is 0 Å². The van der Waals surface area contributed by atoms with Crippen molar-refractivity contribution in [1.29, 1.82) is 0 Å². The zero-order valence-corrected chi connectivity index (χ0v) is 7.71. The quantitative estimate of drug-likeness (QED) is 0.719. The summed E-state index contributed by atoms with van der Waals surface area (Å²) in [6.07, 6.45) is 0.883. The first kappa shape index (κ1) is 9.74. The van der Waals surface area contributed by atoms with E-state index >= 15 is 0 Å². The van der Waals surface area contributed by atoms with Crippen molar-refractivity contribution in [3.63, 3.8) is 0 Å². The maximum atomic E-state index is 10.9. The Labute approximate surface area is 77.7 Å². The van der Waals surface area contributed by atoms with Gasteiger partial charge in [-0.3, -0.25) is 4.79 Å². The average Bonchev–Trinajstić information content (AvgIpc) is 2.16. The van der Waals surface area contributed by atoms with Gasteiger partial charge in [0.2, 0.25) is 5.91 Å². The molecule has 0 aliphatic carbocycles. The Kier molecular flexibility index (Phi) is 3.03. The maximum Gasteiger partial charge on any atom is 0.248 e. The van der Waals surface area contributed by atoms with Gasteiger partial charge in [-0.1, -0.05) is 13.0 Å². The van der Waals surface area contributed by atoms with E-state index in [1.54, 1.807) is 6.07 Å². The van der Waals surface area contributed by atoms with Crippen molar-refractivity contribution in [2.75, 3.05) is 0 Å². The molecule has 0 radical (unpaired) electrons. The van der Waals surface area contributed by atoms with Crippen LogP contribution in [0.15, 0.2) is 18.2 Å². The first-order valence-corrected chi connectivity index (χ1v) is 4.30. The van der Waals surface area contributed by atoms with Crippen LogP contribution in [0.25, 0.3) is 0 Å². The molecule has 0 aliphatic rings. The molecule has 0 spiro atoms. The lowest BCUT2D eigenvalue weighted by atomic mass is 10.0. The van der Waals surface area contributed by atoms with E-state index in [1.807, 2.05) is 19.1 Å². The molecule has 13 heavy (non-hydrogen) atoms. The molecular formula is C10H14N2O. The summed E-state index contributed by atoms with van der Waals surface area (Å²) in [6.45, 7) is 2.47. The predicted octanol–water partition coefficient (Wildman–Crippen LogP) is 0.807. The van der Waals surface area contributed by atoms with Gasteiger partial charge in [-0.15, -0.1) is 0 Å². The Balaban J connectivity index is 3.14. The number of nitrogens with two attached hydrogens (primary N) is 2. The molecule has 0 saturated heterocycles. The van der Waals surface area contributed by atoms with Crippen LogP contribution in [-0.2, 0) is 13.0 Å². The first-order valence-electron chi connectivity index (χ1n) is 4.30. The normalized spacial score (nSPS) is 10.0. The van der Waals surface area contributed by atoms with Crippen LogP contribution in [-0.4, -0.2) is 5.91 Å². The molecule has 1 aromatic rings. The Morgan fingerprint density at radius 3 is 2.38 bits per heavy atom. The van der Waals surface area contributed by atoms with Crippen LogP contribution in [0.2, 0.25) is 0 Å². The summed E-state index contributed by atoms with van der Waals surface area (Å²) in [5.74, 6) is -0.398. The number of rotatable bonds is 3. The van der Waals surface area contributed by atoms with E-state index in [9.17, 15) is 4.79 Å². The molecule has 0 unspecified atom stereocenters. The summed E-state index contributed by atoms with van der Waals surface area (Å²) in [6, 6.07) is 5.54. The number of amides is 1. The molecule has 1 amide bonds. The number of aryl methyl sites for hydroxylation is 1. The van der Waals surface area contributed by atoms with E-state index in [2.05, 4.69) is 0 Å². The molecular weight excluding hydrogens is 164 g/mol. The second kappa shape index (κ2) is 4.05. The standard InChI is InChI=1S/C10H14N2O/c1-2-7-3-8(6-11)5-9(4-7)10(12)13/h3-5H,2,6,11H2,1H3,(H2,12,13). The van der Waals surface area contributed by atoms with Gasteiger partial charge in [0.05, 0.1) is 0 Å². The Hall–Kier alpha value is -1.35. The van der Waals surface area contributed by atoms with Gasteiger partial charge >= 0.3 is 0 Å². The van der Waals surface area contributed by atoms with E-state index < -0.39 is 5.91 Å². The smallest absolute Gasteiger partial charge is 0.248 e. The Morgan fingerprint density at radius 1 is 1.31 bits per heavy atom. The largest absolute Gasteiger partial charge is 0.366 e. The third-order valence-electron chi connectivity index (χ3n) is 1.98. The van der Waals surface area contributed by atoms with Gasteiger partial charge in [-0.05, 0) is 29.7 Å². The lowest BCUT2D eigenvalue weighted by Crippen LogP contribution is -2.12. The number of hydrogen-bond acceptors (Lipinski definition) is 2. The van der Waals surface area contributed by atoms with Gasteiger partial charge in [0.25, 0.3) is 0 Å². The highest BCUT2D eigenvalue weighted by Gasteiger charge is 2.03. The molecule has 0 heterocycles. The van der Waals surface area contributed by atoms with Crippen molar-refractivity contribution in [2.24, 2.45) is 11.5 Å². The number of hydrogen-bond donors (Lipinski definition) is 2. The molecule has 1 rings (SSSR count). The molecule has 1 aromatic carbocycles. The number of primary amides is 1. The number of carbonyl (C=O) groups is 1. The minimum absolute atomic E-state index is 0.398. The predicted molar refractivity (Wildman–Crippen MR) is 52.2 cm³/mol. The van der Waals surface area contributed by atoms with Crippen molar-refractivity contribution in [3.05, 3.63) is 34.9 Å². The lowest BCUT2D eigenvalue weighted by Gasteiger charge is -2.04. The van der Waals surface area contributed by atoms with E-state index in [0.29, 0.717) is 12.1 Å². The Morgan fingerprint density at radius 2 is 1.92 bits per heavy atom. The van der Waals surface area contributed by atoms with E-state index in [0.717, 1.165) is 17.5 Å². The second-order valence-corrected chi connectivity index (χ2v) is 2.96. The van der Waals surface area contributed by atoms with Crippen LogP contribution >= 0.6 is 0 Å². The van der Waals surface area contributed by atoms with Gasteiger partial charge in [-0.25, -0.2) is 0 Å². The molecule has 0 fully saturated rings. The summed E-state index contributed by atoms with van der Waals surface area (Å²) in [5.41, 5.74) is 13.3. The second-order valence-electron chi connectivity index (χ2n) is 2.96. The summed E-state index contributed by atoms with van der Waals surface area (Å²) in [5, 5.41) is 0. The van der Waals surface area contributed by atoms with Crippen LogP contribution < -0.4 is 11.5 Å². The highest BCUT2D eigenvalue weighted by Crippen LogP contribution is 2.10. The van der Waals surface area contributed by atoms with Crippen LogP contribution in [0.4, 0.5) is 0 Å². The van der Waals surface area contributed by atoms with Crippen LogP contribution in [0, 0.1) is 0 Å². The van der Waals surface area contributed by atoms with Gasteiger partial charge in [0, 0.05) is 12.1 Å². The zero-order chi connectivity index (χ0) is 9.84. The van der Waals surface area contributed by atoms with Gasteiger partial charge in [0.1, 0.15) is 0 Å². The highest BCUT2D eigenvalue weighted by molar-refractivity contribution is 5.93. The molecule has 0 bridgehead atoms. The minimum atomic E-state index is -0.398. The fraction of sp³-hybridized carbons (Fsp3) is 0.300. The average molecular weight is 178 g/mol. The fourth-order valence-corrected chi connectivity index (χ4v) is 1.23. The van der Waals surface area contributed by atoms with Crippen molar-refractivity contribution in [3.8, 4) is 0 Å². The SMILES string of the molecule is CCc1cc(CN)cc(C(N)=O)c1. The third-order valence-corrected chi connectivity index (χ3v) is 1.98. The van der Waals surface area contributed by atoms with E-state index in [-0.39, 0.29) is 0 Å². The maximum absolute atomic E-state index is 10.9. The lowest BCUT2D eigenvalue weighted by molar-refractivity contribution is 0.1000. The summed E-state index contributed by atoms with van der Waals surface area (Å²) < 4.78 is 0. The molecule has 0 aromatic heterocycles. The van der Waals surface area contributed by atoms with Crippen molar-refractivity contribution in [2.45, 2.75) is 19.9 Å². The topological polar surface area (TPSA) is 69.1 Å². The van der Waals surface area contributed by atoms with Crippen molar-refractivity contribution >= 4 is 5.91 Å². The molecule has 3 nitrogen and oxygen atoms in total. The molecule has 0 saturated carbocycles. The summed E-state index contributed by atoms with van der Waals surface area (Å²) in [4.78, 5) is 10.9. The summed E-state index contributed by atoms with van der Waals surface area (Å²) in [7, 11) is 0. The van der Waals surface area contributed by atoms with Crippen molar-refractivity contribution < 1.29 is 4.79 Å². The van der Waals surface area contributed by atoms with Crippen LogP contribution in [0.1, 0.15) is 28.4 Å². The third kappa shape index (κ3) is 2.29. The molecule has 0 aliphatic heterocycles. The van der Waals surface area contributed by atoms with Gasteiger partial charge < -0.3 is 11.5 Å². The summed E-state index contributed by atoms with van der Waals surface area (Å²) >= 11 is 0. The zero-order valence-electron chi connectivity index (χ0n) is 7.71. The molecule has 70 valence electrons. The minimum Gasteiger partial charge on any atom is -0.366 e. The number of benzene rings is 1. The highest BCUT2D eigenvalue weighted by atomic mass is 16.1. The van der Waals surface area contributed by atoms with Crippen LogP contribution in [0.3, 0.4) is 0 Å². The molecule has 4 N–H and O–H groups in total. The van der Waals surface area contributed by atoms with Crippen molar-refractivity contribution in [1.82, 2.24) is 0 Å². The van der Waals surface area contributed by atoms with Gasteiger partial charge in [-0.2, -0.15) is 0 Å². The molecule has 0 atom stereocenters. The van der Waals surface area contributed by atoms with Gasteiger partial charge in [0.15, 0.2) is 0 Å². The van der Waals surface area contributed by atoms with Crippen LogP contribution in [0.5, 0.6) is 0 Å². The van der Waals surface area contributed by atoms with E-state index in [4.69, 9.17) is 11.5 Å². The monoisotopic (exact) mass is 178 g/mol. The fourth-order valence-electron chi connectivity index (χ4n) is 1.23.